The van der Waals surface area contributed by atoms with E-state index in [0.29, 0.717) is 24.2 Å². The molecular weight excluding hydrogens is 525 g/mol. The fourth-order valence-electron chi connectivity index (χ4n) is 4.33. The summed E-state index contributed by atoms with van der Waals surface area (Å²) in [4.78, 5) is 49.7. The Morgan fingerprint density at radius 2 is 1.89 bits per heavy atom. The summed E-state index contributed by atoms with van der Waals surface area (Å²) < 4.78 is 38.7. The van der Waals surface area contributed by atoms with Crippen LogP contribution in [0.4, 0.5) is 18.9 Å². The van der Waals surface area contributed by atoms with Gasteiger partial charge in [-0.15, -0.1) is 0 Å². The van der Waals surface area contributed by atoms with Crippen molar-refractivity contribution in [3.05, 3.63) is 76.0 Å². The number of imide groups is 2. The number of alkyl halides is 3. The van der Waals surface area contributed by atoms with Crippen molar-refractivity contribution in [3.8, 4) is 0 Å². The van der Waals surface area contributed by atoms with E-state index in [2.05, 4.69) is 16.0 Å². The Morgan fingerprint density at radius 3 is 2.58 bits per heavy atom. The number of carbonyl (C=O) groups is 4. The third-order valence-electron chi connectivity index (χ3n) is 6.34. The lowest BCUT2D eigenvalue weighted by Gasteiger charge is -2.28. The molecule has 2 aliphatic rings. The van der Waals surface area contributed by atoms with E-state index < -0.39 is 41.4 Å². The number of hydrogen-bond acceptors (Lipinski definition) is 6. The van der Waals surface area contributed by atoms with Gasteiger partial charge in [-0.2, -0.15) is 13.2 Å². The number of piperidine rings is 1. The smallest absolute Gasteiger partial charge is 0.351 e. The summed E-state index contributed by atoms with van der Waals surface area (Å²) >= 11 is 5.79. The number of halogens is 4. The van der Waals surface area contributed by atoms with Crippen LogP contribution in [0.25, 0.3) is 0 Å². The summed E-state index contributed by atoms with van der Waals surface area (Å²) in [5.41, 5.74) is 1.21. The number of hydrogen-bond donors (Lipinski definition) is 3. The van der Waals surface area contributed by atoms with Crippen LogP contribution in [0.1, 0.15) is 42.5 Å². The molecule has 0 radical (unpaired) electrons. The van der Waals surface area contributed by atoms with Crippen molar-refractivity contribution in [2.75, 3.05) is 11.9 Å². The van der Waals surface area contributed by atoms with Crippen LogP contribution in [0.5, 0.6) is 0 Å². The average molecular weight is 549 g/mol. The second-order valence-electron chi connectivity index (χ2n) is 9.03. The maximum absolute atomic E-state index is 12.9. The van der Waals surface area contributed by atoms with Crippen LogP contribution in [0.2, 0.25) is 5.02 Å². The molecule has 2 aliphatic heterocycles. The summed E-state index contributed by atoms with van der Waals surface area (Å²) in [5, 5.41) is 8.03. The summed E-state index contributed by atoms with van der Waals surface area (Å²) in [7, 11) is 0. The van der Waals surface area contributed by atoms with Gasteiger partial charge in [0.15, 0.2) is 0 Å². The van der Waals surface area contributed by atoms with E-state index in [1.165, 1.54) is 12.1 Å². The van der Waals surface area contributed by atoms with Crippen molar-refractivity contribution in [1.82, 2.24) is 15.5 Å². The lowest BCUT2D eigenvalue weighted by atomic mass is 10.0. The number of nitrogens with one attached hydrogen (secondary N) is 3. The third-order valence-corrected chi connectivity index (χ3v) is 6.66. The summed E-state index contributed by atoms with van der Waals surface area (Å²) in [6, 6.07) is 9.64. The van der Waals surface area contributed by atoms with Crippen molar-refractivity contribution >= 4 is 40.9 Å². The van der Waals surface area contributed by atoms with E-state index >= 15 is 0 Å². The minimum atomic E-state index is -4.50. The quantitative estimate of drug-likeness (QED) is 0.434. The minimum absolute atomic E-state index is 0.0108. The minimum Gasteiger partial charge on any atom is -0.351 e. The first-order valence-electron chi connectivity index (χ1n) is 11.8. The zero-order valence-electron chi connectivity index (χ0n) is 20.2. The third kappa shape index (κ3) is 6.05. The summed E-state index contributed by atoms with van der Waals surface area (Å²) in [5.74, 6) is -2.42. The van der Waals surface area contributed by atoms with Crippen molar-refractivity contribution in [3.63, 3.8) is 0 Å². The maximum atomic E-state index is 12.9. The zero-order chi connectivity index (χ0) is 27.6. The fourth-order valence-corrected chi connectivity index (χ4v) is 4.64. The molecule has 4 rings (SSSR count). The SMILES string of the molecule is CC(NCCc1ccc(C(F)(F)F)c(Cl)c1)c1cccc(NC2=CC(=O)N(C3CCC(=O)NC3=O)C2=O)c1. The molecule has 200 valence electrons. The van der Waals surface area contributed by atoms with Crippen LogP contribution in [-0.2, 0) is 31.8 Å². The first kappa shape index (κ1) is 27.3. The topological polar surface area (TPSA) is 108 Å². The van der Waals surface area contributed by atoms with E-state index in [4.69, 9.17) is 11.6 Å². The van der Waals surface area contributed by atoms with Gasteiger partial charge in [0.1, 0.15) is 11.7 Å². The van der Waals surface area contributed by atoms with Crippen molar-refractivity contribution in [2.45, 2.75) is 44.4 Å². The normalized spacial score (nSPS) is 18.9. The molecule has 12 heteroatoms. The molecule has 2 aromatic carbocycles. The Bertz CT molecular complexity index is 1330. The molecule has 2 atom stereocenters. The standard InChI is InChI=1S/C26H24ClF3N4O4/c1-14(31-10-9-15-5-6-18(19(27)11-15)26(28,29)30)16-3-2-4-17(12-16)32-20-13-23(36)34(25(20)38)21-7-8-22(35)33-24(21)37/h2-6,11-14,21,31-32H,7-10H2,1H3,(H,33,35,37). The molecule has 2 unspecified atom stereocenters. The van der Waals surface area contributed by atoms with E-state index in [0.717, 1.165) is 22.6 Å². The van der Waals surface area contributed by atoms with Crippen LogP contribution < -0.4 is 16.0 Å². The maximum Gasteiger partial charge on any atom is 0.417 e. The van der Waals surface area contributed by atoms with Crippen LogP contribution in [-0.4, -0.2) is 41.1 Å². The first-order chi connectivity index (χ1) is 17.9. The molecular formula is C26H24ClF3N4O4. The Hall–Kier alpha value is -3.70. The van der Waals surface area contributed by atoms with E-state index in [9.17, 15) is 32.3 Å². The number of carbonyl (C=O) groups excluding carboxylic acids is 4. The number of amides is 4. The van der Waals surface area contributed by atoms with Gasteiger partial charge in [-0.1, -0.05) is 29.8 Å². The Balaban J connectivity index is 1.35. The van der Waals surface area contributed by atoms with Gasteiger partial charge in [0.2, 0.25) is 11.8 Å². The molecule has 8 nitrogen and oxygen atoms in total. The van der Waals surface area contributed by atoms with Crippen LogP contribution in [0, 0.1) is 0 Å². The summed E-state index contributed by atoms with van der Waals surface area (Å²) in [6.07, 6.45) is -2.82. The number of nitrogens with zero attached hydrogens (tertiary/aromatic N) is 1. The monoisotopic (exact) mass is 548 g/mol. The predicted octanol–water partition coefficient (Wildman–Crippen LogP) is 3.72. The van der Waals surface area contributed by atoms with Crippen LogP contribution in [0.3, 0.4) is 0 Å². The summed E-state index contributed by atoms with van der Waals surface area (Å²) in [6.45, 7) is 2.38. The Labute approximate surface area is 221 Å². The molecule has 0 spiro atoms. The molecule has 4 amide bonds. The van der Waals surface area contributed by atoms with Crippen molar-refractivity contribution < 1.29 is 32.3 Å². The highest BCUT2D eigenvalue weighted by Gasteiger charge is 2.42. The van der Waals surface area contributed by atoms with Gasteiger partial charge >= 0.3 is 6.18 Å². The molecule has 38 heavy (non-hydrogen) atoms. The molecule has 0 saturated carbocycles. The highest BCUT2D eigenvalue weighted by molar-refractivity contribution is 6.31. The van der Waals surface area contributed by atoms with Gasteiger partial charge in [0, 0.05) is 24.2 Å². The average Bonchev–Trinajstić information content (AvgIpc) is 3.11. The molecule has 2 aromatic rings. The molecule has 0 aromatic heterocycles. The molecule has 3 N–H and O–H groups in total. The van der Waals surface area contributed by atoms with E-state index in [1.54, 1.807) is 18.2 Å². The number of benzene rings is 2. The largest absolute Gasteiger partial charge is 0.417 e. The lowest BCUT2D eigenvalue weighted by Crippen LogP contribution is -2.54. The second-order valence-corrected chi connectivity index (χ2v) is 9.43. The highest BCUT2D eigenvalue weighted by atomic mass is 35.5. The van der Waals surface area contributed by atoms with Crippen LogP contribution in [0.15, 0.2) is 54.2 Å². The zero-order valence-corrected chi connectivity index (χ0v) is 20.9. The van der Waals surface area contributed by atoms with Crippen LogP contribution >= 0.6 is 11.6 Å². The fraction of sp³-hybridized carbons (Fsp3) is 0.308. The second kappa shape index (κ2) is 11.0. The molecule has 0 bridgehead atoms. The lowest BCUT2D eigenvalue weighted by molar-refractivity contribution is -0.149. The highest BCUT2D eigenvalue weighted by Crippen LogP contribution is 2.35. The molecule has 0 aliphatic carbocycles. The molecule has 1 fully saturated rings. The van der Waals surface area contributed by atoms with Crippen molar-refractivity contribution in [2.24, 2.45) is 0 Å². The number of rotatable bonds is 8. The number of anilines is 1. The van der Waals surface area contributed by atoms with Gasteiger partial charge in [-0.25, -0.2) is 0 Å². The molecule has 1 saturated heterocycles. The van der Waals surface area contributed by atoms with Crippen molar-refractivity contribution in [1.29, 1.82) is 0 Å². The van der Waals surface area contributed by atoms with Gasteiger partial charge in [-0.3, -0.25) is 29.4 Å². The van der Waals surface area contributed by atoms with E-state index in [-0.39, 0.29) is 29.6 Å². The van der Waals surface area contributed by atoms with Gasteiger partial charge in [0.05, 0.1) is 10.6 Å². The first-order valence-corrected chi connectivity index (χ1v) is 12.2. The predicted molar refractivity (Wildman–Crippen MR) is 133 cm³/mol. The van der Waals surface area contributed by atoms with Gasteiger partial charge in [0.25, 0.3) is 11.8 Å². The van der Waals surface area contributed by atoms with E-state index in [1.807, 2.05) is 13.0 Å². The Kier molecular flexibility index (Phi) is 7.89. The molecule has 2 heterocycles. The Morgan fingerprint density at radius 1 is 1.13 bits per heavy atom. The van der Waals surface area contributed by atoms with Gasteiger partial charge < -0.3 is 10.6 Å². The van der Waals surface area contributed by atoms with Gasteiger partial charge in [-0.05, 0) is 61.7 Å².